The molecule has 1 saturated heterocycles. The zero-order chi connectivity index (χ0) is 19.9. The topological polar surface area (TPSA) is 38.1 Å². The van der Waals surface area contributed by atoms with Gasteiger partial charge >= 0.3 is 0 Å². The maximum Gasteiger partial charge on any atom is 0.246 e. The van der Waals surface area contributed by atoms with Gasteiger partial charge in [-0.2, -0.15) is 5.10 Å². The minimum absolute atomic E-state index is 0.0963. The lowest BCUT2D eigenvalue weighted by Crippen LogP contribution is -2.37. The number of carbonyl (C=O) groups excluding carboxylic acids is 1. The summed E-state index contributed by atoms with van der Waals surface area (Å²) in [5.41, 5.74) is 3.55. The molecule has 0 N–H and O–H groups in total. The van der Waals surface area contributed by atoms with Crippen LogP contribution in [0.2, 0.25) is 0 Å². The summed E-state index contributed by atoms with van der Waals surface area (Å²) in [6.45, 7) is 2.42. The van der Waals surface area contributed by atoms with Crippen LogP contribution in [0.3, 0.4) is 0 Å². The van der Waals surface area contributed by atoms with E-state index in [9.17, 15) is 4.79 Å². The van der Waals surface area contributed by atoms with E-state index >= 15 is 0 Å². The quantitative estimate of drug-likeness (QED) is 0.589. The SMILES string of the molecule is O=C(/C=C/c1cnn(Cc2ccccc2)c1)N1CCC(Cc2ccccc2)CC1. The maximum absolute atomic E-state index is 12.5. The van der Waals surface area contributed by atoms with Crippen LogP contribution in [0, 0.1) is 5.92 Å². The first-order chi connectivity index (χ1) is 14.3. The summed E-state index contributed by atoms with van der Waals surface area (Å²) < 4.78 is 1.90. The molecule has 1 aliphatic heterocycles. The number of piperidine rings is 1. The number of hydrogen-bond donors (Lipinski definition) is 0. The molecule has 4 heteroatoms. The minimum Gasteiger partial charge on any atom is -0.339 e. The van der Waals surface area contributed by atoms with Gasteiger partial charge in [0.25, 0.3) is 0 Å². The summed E-state index contributed by atoms with van der Waals surface area (Å²) in [5, 5.41) is 4.39. The number of hydrogen-bond acceptors (Lipinski definition) is 2. The Morgan fingerprint density at radius 3 is 2.31 bits per heavy atom. The van der Waals surface area contributed by atoms with Crippen molar-refractivity contribution in [2.45, 2.75) is 25.8 Å². The van der Waals surface area contributed by atoms with E-state index in [0.29, 0.717) is 5.92 Å². The van der Waals surface area contributed by atoms with Crippen molar-refractivity contribution in [1.29, 1.82) is 0 Å². The molecule has 148 valence electrons. The average molecular weight is 386 g/mol. The van der Waals surface area contributed by atoms with Gasteiger partial charge in [-0.3, -0.25) is 9.48 Å². The zero-order valence-electron chi connectivity index (χ0n) is 16.7. The van der Waals surface area contributed by atoms with E-state index in [4.69, 9.17) is 0 Å². The van der Waals surface area contributed by atoms with E-state index in [1.807, 2.05) is 40.1 Å². The van der Waals surface area contributed by atoms with E-state index in [-0.39, 0.29) is 5.91 Å². The monoisotopic (exact) mass is 385 g/mol. The van der Waals surface area contributed by atoms with E-state index in [2.05, 4.69) is 47.6 Å². The van der Waals surface area contributed by atoms with Crippen molar-refractivity contribution in [2.24, 2.45) is 5.92 Å². The molecule has 0 radical (unpaired) electrons. The van der Waals surface area contributed by atoms with Crippen LogP contribution in [0.5, 0.6) is 0 Å². The van der Waals surface area contributed by atoms with Crippen LogP contribution in [0.1, 0.15) is 29.5 Å². The predicted molar refractivity (Wildman–Crippen MR) is 116 cm³/mol. The molecule has 2 aromatic carbocycles. The van der Waals surface area contributed by atoms with Crippen LogP contribution in [-0.2, 0) is 17.8 Å². The zero-order valence-corrected chi connectivity index (χ0v) is 16.7. The van der Waals surface area contributed by atoms with Crippen LogP contribution in [0.25, 0.3) is 6.08 Å². The molecule has 0 atom stereocenters. The Morgan fingerprint density at radius 2 is 1.62 bits per heavy atom. The fourth-order valence-corrected chi connectivity index (χ4v) is 3.90. The first-order valence-electron chi connectivity index (χ1n) is 10.3. The Morgan fingerprint density at radius 1 is 0.966 bits per heavy atom. The number of nitrogens with zero attached hydrogens (tertiary/aromatic N) is 3. The van der Waals surface area contributed by atoms with Crippen LogP contribution in [0.4, 0.5) is 0 Å². The maximum atomic E-state index is 12.5. The van der Waals surface area contributed by atoms with Crippen LogP contribution in [0.15, 0.2) is 79.1 Å². The van der Waals surface area contributed by atoms with Crippen molar-refractivity contribution < 1.29 is 4.79 Å². The lowest BCUT2D eigenvalue weighted by atomic mass is 9.90. The molecule has 1 aliphatic rings. The van der Waals surface area contributed by atoms with Crippen molar-refractivity contribution >= 4 is 12.0 Å². The molecular formula is C25H27N3O. The lowest BCUT2D eigenvalue weighted by Gasteiger charge is -2.31. The van der Waals surface area contributed by atoms with Gasteiger partial charge in [0.2, 0.25) is 5.91 Å². The summed E-state index contributed by atoms with van der Waals surface area (Å²) >= 11 is 0. The third-order valence-corrected chi connectivity index (χ3v) is 5.55. The number of benzene rings is 2. The Bertz CT molecular complexity index is 938. The fourth-order valence-electron chi connectivity index (χ4n) is 3.90. The molecule has 2 heterocycles. The van der Waals surface area contributed by atoms with Crippen LogP contribution >= 0.6 is 0 Å². The molecule has 4 nitrogen and oxygen atoms in total. The first kappa shape index (κ1) is 19.2. The third kappa shape index (κ3) is 5.44. The summed E-state index contributed by atoms with van der Waals surface area (Å²) in [5.74, 6) is 0.764. The highest BCUT2D eigenvalue weighted by Crippen LogP contribution is 2.22. The Balaban J connectivity index is 1.26. The minimum atomic E-state index is 0.0963. The van der Waals surface area contributed by atoms with Gasteiger partial charge in [-0.25, -0.2) is 0 Å². The summed E-state index contributed by atoms with van der Waals surface area (Å²) in [6.07, 6.45) is 10.6. The van der Waals surface area contributed by atoms with E-state index < -0.39 is 0 Å². The number of aromatic nitrogens is 2. The highest BCUT2D eigenvalue weighted by Gasteiger charge is 2.21. The van der Waals surface area contributed by atoms with Crippen molar-refractivity contribution in [3.8, 4) is 0 Å². The number of carbonyl (C=O) groups is 1. The Labute approximate surface area is 172 Å². The molecule has 1 aromatic heterocycles. The fraction of sp³-hybridized carbons (Fsp3) is 0.280. The number of rotatable bonds is 6. The average Bonchev–Trinajstić information content (AvgIpc) is 3.21. The Hall–Kier alpha value is -3.14. The molecule has 1 fully saturated rings. The van der Waals surface area contributed by atoms with Gasteiger partial charge in [-0.15, -0.1) is 0 Å². The highest BCUT2D eigenvalue weighted by atomic mass is 16.2. The molecule has 0 saturated carbocycles. The van der Waals surface area contributed by atoms with Gasteiger partial charge in [0.15, 0.2) is 0 Å². The number of amides is 1. The second-order valence-electron chi connectivity index (χ2n) is 7.75. The second kappa shape index (κ2) is 9.37. The third-order valence-electron chi connectivity index (χ3n) is 5.55. The van der Waals surface area contributed by atoms with Crippen LogP contribution in [-0.4, -0.2) is 33.7 Å². The first-order valence-corrected chi connectivity index (χ1v) is 10.3. The van der Waals surface area contributed by atoms with Gasteiger partial charge in [-0.05, 0) is 42.4 Å². The van der Waals surface area contributed by atoms with Crippen molar-refractivity contribution in [3.63, 3.8) is 0 Å². The molecule has 3 aromatic rings. The molecule has 0 spiro atoms. The highest BCUT2D eigenvalue weighted by molar-refractivity contribution is 5.91. The smallest absolute Gasteiger partial charge is 0.246 e. The second-order valence-corrected chi connectivity index (χ2v) is 7.75. The summed E-state index contributed by atoms with van der Waals surface area (Å²) in [4.78, 5) is 14.5. The molecule has 29 heavy (non-hydrogen) atoms. The van der Waals surface area contributed by atoms with Crippen LogP contribution < -0.4 is 0 Å². The van der Waals surface area contributed by atoms with Crippen molar-refractivity contribution in [3.05, 3.63) is 95.8 Å². The molecule has 1 amide bonds. The lowest BCUT2D eigenvalue weighted by molar-refractivity contribution is -0.127. The Kier molecular flexibility index (Phi) is 6.20. The van der Waals surface area contributed by atoms with Gasteiger partial charge in [0.1, 0.15) is 0 Å². The van der Waals surface area contributed by atoms with Gasteiger partial charge < -0.3 is 4.90 Å². The predicted octanol–water partition coefficient (Wildman–Crippen LogP) is 4.43. The largest absolute Gasteiger partial charge is 0.339 e. The van der Waals surface area contributed by atoms with Gasteiger partial charge in [-0.1, -0.05) is 60.7 Å². The van der Waals surface area contributed by atoms with E-state index in [1.165, 1.54) is 11.1 Å². The summed E-state index contributed by atoms with van der Waals surface area (Å²) in [6, 6.07) is 20.9. The van der Waals surface area contributed by atoms with Gasteiger partial charge in [0.05, 0.1) is 12.7 Å². The normalized spacial score (nSPS) is 15.1. The van der Waals surface area contributed by atoms with Crippen molar-refractivity contribution in [2.75, 3.05) is 13.1 Å². The van der Waals surface area contributed by atoms with Crippen molar-refractivity contribution in [1.82, 2.24) is 14.7 Å². The number of likely N-dealkylation sites (tertiary alicyclic amines) is 1. The molecule has 0 aliphatic carbocycles. The van der Waals surface area contributed by atoms with Gasteiger partial charge in [0, 0.05) is 30.9 Å². The molecule has 0 bridgehead atoms. The standard InChI is InChI=1S/C25H27N3O/c29-25(27-15-13-22(14-16-27)17-21-7-3-1-4-8-21)12-11-24-18-26-28(20-24)19-23-9-5-2-6-10-23/h1-12,18,20,22H,13-17,19H2/b12-11+. The molecule has 0 unspecified atom stereocenters. The molecule has 4 rings (SSSR count). The summed E-state index contributed by atoms with van der Waals surface area (Å²) in [7, 11) is 0. The van der Waals surface area contributed by atoms with E-state index in [0.717, 1.165) is 44.5 Å². The van der Waals surface area contributed by atoms with E-state index in [1.54, 1.807) is 12.3 Å². The molecular weight excluding hydrogens is 358 g/mol.